The molecule has 1 heterocycles. The quantitative estimate of drug-likeness (QED) is 0.433. The second kappa shape index (κ2) is 7.97. The lowest BCUT2D eigenvalue weighted by Gasteiger charge is -2.08. The molecular formula is C22H19NO5S. The second-order valence-electron chi connectivity index (χ2n) is 6.48. The third kappa shape index (κ3) is 3.95. The Morgan fingerprint density at radius 3 is 2.24 bits per heavy atom. The van der Waals surface area contributed by atoms with Gasteiger partial charge in [-0.3, -0.25) is 4.57 Å². The first-order valence-corrected chi connectivity index (χ1v) is 10.7. The maximum absolute atomic E-state index is 12.6. The zero-order valence-electron chi connectivity index (χ0n) is 15.5. The van der Waals surface area contributed by atoms with Crippen LogP contribution >= 0.6 is 0 Å². The number of oxazole rings is 1. The number of rotatable bonds is 7. The smallest absolute Gasteiger partial charge is 0.419 e. The average Bonchev–Trinajstić information content (AvgIpc) is 3.07. The topological polar surface area (TPSA) is 78.5 Å². The van der Waals surface area contributed by atoms with Gasteiger partial charge >= 0.3 is 5.76 Å². The van der Waals surface area contributed by atoms with Gasteiger partial charge in [-0.1, -0.05) is 30.3 Å². The molecule has 0 radical (unpaired) electrons. The highest BCUT2D eigenvalue weighted by atomic mass is 32.2. The van der Waals surface area contributed by atoms with Crippen LogP contribution in [-0.2, 0) is 16.4 Å². The van der Waals surface area contributed by atoms with Crippen LogP contribution in [0.3, 0.4) is 0 Å². The Labute approximate surface area is 167 Å². The Bertz CT molecular complexity index is 1270. The summed E-state index contributed by atoms with van der Waals surface area (Å²) in [5.41, 5.74) is 1.32. The van der Waals surface area contributed by atoms with Gasteiger partial charge in [-0.2, -0.15) is 0 Å². The van der Waals surface area contributed by atoms with Gasteiger partial charge in [0.05, 0.1) is 21.9 Å². The third-order valence-electron chi connectivity index (χ3n) is 4.56. The lowest BCUT2D eigenvalue weighted by molar-refractivity contribution is 0.300. The molecule has 1 aromatic heterocycles. The van der Waals surface area contributed by atoms with E-state index in [4.69, 9.17) is 9.15 Å². The number of para-hydroxylation sites is 2. The maximum atomic E-state index is 12.6. The van der Waals surface area contributed by atoms with Gasteiger partial charge in [0.15, 0.2) is 5.58 Å². The maximum Gasteiger partial charge on any atom is 0.419 e. The largest absolute Gasteiger partial charge is 0.494 e. The first-order chi connectivity index (χ1) is 14.1. The normalized spacial score (nSPS) is 11.6. The predicted octanol–water partition coefficient (Wildman–Crippen LogP) is 3.90. The molecule has 0 saturated carbocycles. The van der Waals surface area contributed by atoms with Crippen molar-refractivity contribution in [2.75, 3.05) is 6.61 Å². The van der Waals surface area contributed by atoms with E-state index in [1.54, 1.807) is 53.1 Å². The van der Waals surface area contributed by atoms with Crippen molar-refractivity contribution in [2.24, 2.45) is 0 Å². The van der Waals surface area contributed by atoms with Crippen LogP contribution < -0.4 is 10.5 Å². The predicted molar refractivity (Wildman–Crippen MR) is 109 cm³/mol. The molecule has 0 fully saturated rings. The van der Waals surface area contributed by atoms with Crippen molar-refractivity contribution in [3.63, 3.8) is 0 Å². The zero-order valence-corrected chi connectivity index (χ0v) is 16.3. The SMILES string of the molecule is O=c1oc2ccccc2n1CCCOc1ccc(S(=O)(=O)c2ccccc2)cc1. The van der Waals surface area contributed by atoms with Crippen LogP contribution in [-0.4, -0.2) is 19.6 Å². The highest BCUT2D eigenvalue weighted by Crippen LogP contribution is 2.23. The molecule has 4 rings (SSSR count). The molecule has 0 amide bonds. The summed E-state index contributed by atoms with van der Waals surface area (Å²) >= 11 is 0. The molecule has 3 aromatic carbocycles. The summed E-state index contributed by atoms with van der Waals surface area (Å²) in [5, 5.41) is 0. The van der Waals surface area contributed by atoms with E-state index in [-0.39, 0.29) is 15.5 Å². The Hall–Kier alpha value is -3.32. The number of benzene rings is 3. The van der Waals surface area contributed by atoms with E-state index in [1.165, 1.54) is 12.1 Å². The van der Waals surface area contributed by atoms with Gasteiger partial charge in [0.2, 0.25) is 9.84 Å². The molecule has 0 saturated heterocycles. The van der Waals surface area contributed by atoms with Crippen LogP contribution in [0, 0.1) is 0 Å². The highest BCUT2D eigenvalue weighted by Gasteiger charge is 2.17. The second-order valence-corrected chi connectivity index (χ2v) is 8.43. The number of ether oxygens (including phenoxy) is 1. The summed E-state index contributed by atoms with van der Waals surface area (Å²) in [4.78, 5) is 12.4. The van der Waals surface area contributed by atoms with Crippen LogP contribution in [0.1, 0.15) is 6.42 Å². The van der Waals surface area contributed by atoms with E-state index >= 15 is 0 Å². The van der Waals surface area contributed by atoms with Crippen molar-refractivity contribution >= 4 is 20.9 Å². The molecule has 148 valence electrons. The summed E-state index contributed by atoms with van der Waals surface area (Å²) < 4.78 is 37.7. The monoisotopic (exact) mass is 409 g/mol. The van der Waals surface area contributed by atoms with E-state index in [0.29, 0.717) is 30.9 Å². The van der Waals surface area contributed by atoms with Gasteiger partial charge in [-0.05, 0) is 55.0 Å². The molecule has 0 spiro atoms. The molecule has 0 unspecified atom stereocenters. The number of hydrogen-bond acceptors (Lipinski definition) is 5. The number of sulfone groups is 1. The standard InChI is InChI=1S/C22H19NO5S/c24-22-23(20-9-4-5-10-21(20)28-22)15-6-16-27-17-11-13-19(14-12-17)29(25,26)18-7-2-1-3-8-18/h1-5,7-14H,6,15-16H2. The first-order valence-electron chi connectivity index (χ1n) is 9.17. The summed E-state index contributed by atoms with van der Waals surface area (Å²) in [6, 6.07) is 21.9. The molecule has 0 bridgehead atoms. The lowest BCUT2D eigenvalue weighted by atomic mass is 10.3. The molecule has 0 aliphatic heterocycles. The number of hydrogen-bond donors (Lipinski definition) is 0. The Morgan fingerprint density at radius 2 is 1.48 bits per heavy atom. The van der Waals surface area contributed by atoms with E-state index < -0.39 is 9.84 Å². The molecule has 6 nitrogen and oxygen atoms in total. The van der Waals surface area contributed by atoms with Gasteiger partial charge in [0.25, 0.3) is 0 Å². The fraction of sp³-hybridized carbons (Fsp3) is 0.136. The summed E-state index contributed by atoms with van der Waals surface area (Å²) in [7, 11) is -3.54. The van der Waals surface area contributed by atoms with Crippen LogP contribution in [0.25, 0.3) is 11.1 Å². The van der Waals surface area contributed by atoms with E-state index in [0.717, 1.165) is 5.52 Å². The van der Waals surface area contributed by atoms with Crippen LogP contribution in [0.4, 0.5) is 0 Å². The van der Waals surface area contributed by atoms with E-state index in [2.05, 4.69) is 0 Å². The van der Waals surface area contributed by atoms with Crippen LogP contribution in [0.15, 0.2) is 97.9 Å². The number of fused-ring (bicyclic) bond motifs is 1. The summed E-state index contributed by atoms with van der Waals surface area (Å²) in [6.07, 6.45) is 0.605. The highest BCUT2D eigenvalue weighted by molar-refractivity contribution is 7.91. The third-order valence-corrected chi connectivity index (χ3v) is 6.34. The molecule has 0 aliphatic rings. The minimum absolute atomic E-state index is 0.215. The van der Waals surface area contributed by atoms with Crippen molar-refractivity contribution in [3.8, 4) is 5.75 Å². The molecule has 29 heavy (non-hydrogen) atoms. The fourth-order valence-corrected chi connectivity index (χ4v) is 4.37. The van der Waals surface area contributed by atoms with Crippen molar-refractivity contribution in [3.05, 3.63) is 89.4 Å². The van der Waals surface area contributed by atoms with Crippen molar-refractivity contribution in [2.45, 2.75) is 22.8 Å². The van der Waals surface area contributed by atoms with Gasteiger partial charge < -0.3 is 9.15 Å². The molecule has 0 N–H and O–H groups in total. The van der Waals surface area contributed by atoms with Gasteiger partial charge in [-0.15, -0.1) is 0 Å². The molecular weight excluding hydrogens is 390 g/mol. The van der Waals surface area contributed by atoms with Crippen LogP contribution in [0.2, 0.25) is 0 Å². The fourth-order valence-electron chi connectivity index (χ4n) is 3.09. The number of aryl methyl sites for hydroxylation is 1. The minimum atomic E-state index is -3.54. The molecule has 7 heteroatoms. The van der Waals surface area contributed by atoms with Crippen molar-refractivity contribution < 1.29 is 17.6 Å². The Morgan fingerprint density at radius 1 is 0.828 bits per heavy atom. The van der Waals surface area contributed by atoms with E-state index in [9.17, 15) is 13.2 Å². The summed E-state index contributed by atoms with van der Waals surface area (Å²) in [6.45, 7) is 0.854. The van der Waals surface area contributed by atoms with Gasteiger partial charge in [0.1, 0.15) is 5.75 Å². The summed E-state index contributed by atoms with van der Waals surface area (Å²) in [5.74, 6) is 0.183. The minimum Gasteiger partial charge on any atom is -0.494 e. The Kier molecular flexibility index (Phi) is 5.22. The molecule has 0 aliphatic carbocycles. The van der Waals surface area contributed by atoms with E-state index in [1.807, 2.05) is 18.2 Å². The molecule has 4 aromatic rings. The number of aromatic nitrogens is 1. The van der Waals surface area contributed by atoms with Crippen molar-refractivity contribution in [1.82, 2.24) is 4.57 Å². The van der Waals surface area contributed by atoms with Gasteiger partial charge in [0, 0.05) is 6.54 Å². The average molecular weight is 409 g/mol. The van der Waals surface area contributed by atoms with Crippen molar-refractivity contribution in [1.29, 1.82) is 0 Å². The van der Waals surface area contributed by atoms with Crippen LogP contribution in [0.5, 0.6) is 5.75 Å². The first kappa shape index (κ1) is 19.0. The zero-order chi connectivity index (χ0) is 20.3. The molecule has 0 atom stereocenters. The lowest BCUT2D eigenvalue weighted by Crippen LogP contribution is -2.15. The number of nitrogens with zero attached hydrogens (tertiary/aromatic N) is 1. The Balaban J connectivity index is 1.37. The van der Waals surface area contributed by atoms with Gasteiger partial charge in [-0.25, -0.2) is 13.2 Å².